The number of ether oxygens (including phenoxy) is 2. The highest BCUT2D eigenvalue weighted by atomic mass is 16.7. The van der Waals surface area contributed by atoms with Gasteiger partial charge in [0.05, 0.1) is 25.4 Å². The van der Waals surface area contributed by atoms with E-state index in [0.717, 1.165) is 38.5 Å². The zero-order valence-electron chi connectivity index (χ0n) is 34.3. The third kappa shape index (κ3) is 25.0. The van der Waals surface area contributed by atoms with Gasteiger partial charge in [0.15, 0.2) is 6.29 Å². The number of carbonyl (C=O) groups excluding carboxylic acids is 1. The second-order valence-electron chi connectivity index (χ2n) is 15.6. The summed E-state index contributed by atoms with van der Waals surface area (Å²) >= 11 is 0. The second kappa shape index (κ2) is 34.8. The van der Waals surface area contributed by atoms with Crippen molar-refractivity contribution in [1.82, 2.24) is 5.32 Å². The topological polar surface area (TPSA) is 169 Å². The molecule has 1 aliphatic rings. The first-order valence-electron chi connectivity index (χ1n) is 22.1. The molecule has 0 aliphatic carbocycles. The molecular weight excluding hydrogens is 686 g/mol. The first-order valence-corrected chi connectivity index (χ1v) is 22.1. The number of aliphatic hydroxyl groups excluding tert-OH is 6. The average Bonchev–Trinajstić information content (AvgIpc) is 3.17. The number of nitrogens with one attached hydrogen (secondary N) is 1. The van der Waals surface area contributed by atoms with Crippen LogP contribution < -0.4 is 5.32 Å². The number of aliphatic hydroxyl groups is 6. The first kappa shape index (κ1) is 50.6. The molecule has 0 bridgehead atoms. The number of hydrogen-bond donors (Lipinski definition) is 7. The van der Waals surface area contributed by atoms with Crippen LogP contribution in [-0.4, -0.2) is 98.7 Å². The van der Waals surface area contributed by atoms with E-state index < -0.39 is 61.5 Å². The molecule has 0 radical (unpaired) electrons. The summed E-state index contributed by atoms with van der Waals surface area (Å²) in [4.78, 5) is 13.0. The van der Waals surface area contributed by atoms with Crippen molar-refractivity contribution in [3.8, 4) is 0 Å². The predicted octanol–water partition coefficient (Wildman–Crippen LogP) is 7.69. The summed E-state index contributed by atoms with van der Waals surface area (Å²) in [7, 11) is 0. The van der Waals surface area contributed by atoms with Crippen LogP contribution in [0.4, 0.5) is 0 Å². The smallest absolute Gasteiger partial charge is 0.249 e. The van der Waals surface area contributed by atoms with Crippen LogP contribution >= 0.6 is 0 Å². The Morgan fingerprint density at radius 1 is 0.648 bits per heavy atom. The van der Waals surface area contributed by atoms with Gasteiger partial charge in [-0.2, -0.15) is 0 Å². The normalized spacial score (nSPS) is 22.3. The van der Waals surface area contributed by atoms with Crippen LogP contribution in [0.15, 0.2) is 24.3 Å². The molecule has 0 aromatic heterocycles. The van der Waals surface area contributed by atoms with Gasteiger partial charge in [-0.15, -0.1) is 0 Å². The summed E-state index contributed by atoms with van der Waals surface area (Å²) < 4.78 is 11.1. The van der Waals surface area contributed by atoms with Crippen LogP contribution in [0.25, 0.3) is 0 Å². The fourth-order valence-corrected chi connectivity index (χ4v) is 6.97. The van der Waals surface area contributed by atoms with Gasteiger partial charge < -0.3 is 45.4 Å². The standard InChI is InChI=1S/C44H83NO9/c1-3-5-7-9-11-13-15-17-18-19-20-21-23-24-26-28-30-32-37(47)36(35-53-44-42(51)41(50)40(49)39(34-46)54-44)45-43(52)38(48)33-31-29-27-25-22-16-14-12-10-8-6-4-2/h22,25,29,31,36-42,44,46-51H,3-21,23-24,26-28,30,32-35H2,1-2H3,(H,45,52)/b25-22-,31-29-. The van der Waals surface area contributed by atoms with Crippen LogP contribution in [0, 0.1) is 0 Å². The Bertz CT molecular complexity index is 916. The molecule has 10 nitrogen and oxygen atoms in total. The Kier molecular flexibility index (Phi) is 32.7. The third-order valence-corrected chi connectivity index (χ3v) is 10.7. The molecule has 7 N–H and O–H groups in total. The van der Waals surface area contributed by atoms with E-state index in [1.54, 1.807) is 6.08 Å². The second-order valence-corrected chi connectivity index (χ2v) is 15.6. The summed E-state index contributed by atoms with van der Waals surface area (Å²) in [5.74, 6) is -0.651. The van der Waals surface area contributed by atoms with E-state index in [1.807, 2.05) is 6.08 Å². The van der Waals surface area contributed by atoms with Gasteiger partial charge in [0.1, 0.15) is 30.5 Å². The zero-order chi connectivity index (χ0) is 39.7. The minimum absolute atomic E-state index is 0.118. The minimum Gasteiger partial charge on any atom is -0.394 e. The molecule has 0 aromatic rings. The number of unbranched alkanes of at least 4 members (excludes halogenated alkanes) is 22. The maximum absolute atomic E-state index is 13.0. The molecule has 8 unspecified atom stereocenters. The lowest BCUT2D eigenvalue weighted by atomic mass is 9.99. The Balaban J connectivity index is 2.45. The van der Waals surface area contributed by atoms with Gasteiger partial charge >= 0.3 is 0 Å². The van der Waals surface area contributed by atoms with E-state index >= 15 is 0 Å². The van der Waals surface area contributed by atoms with Crippen molar-refractivity contribution in [2.75, 3.05) is 13.2 Å². The molecule has 1 fully saturated rings. The highest BCUT2D eigenvalue weighted by Crippen LogP contribution is 2.23. The Labute approximate surface area is 329 Å². The van der Waals surface area contributed by atoms with E-state index in [2.05, 4.69) is 31.3 Å². The summed E-state index contributed by atoms with van der Waals surface area (Å²) in [5.41, 5.74) is 0. The van der Waals surface area contributed by atoms with E-state index in [4.69, 9.17) is 9.47 Å². The van der Waals surface area contributed by atoms with Gasteiger partial charge in [0.2, 0.25) is 5.91 Å². The van der Waals surface area contributed by atoms with Crippen LogP contribution in [0.1, 0.15) is 187 Å². The molecule has 54 heavy (non-hydrogen) atoms. The van der Waals surface area contributed by atoms with Gasteiger partial charge in [-0.05, 0) is 25.7 Å². The van der Waals surface area contributed by atoms with E-state index in [0.29, 0.717) is 6.42 Å². The van der Waals surface area contributed by atoms with Crippen molar-refractivity contribution in [2.45, 2.75) is 236 Å². The van der Waals surface area contributed by atoms with Crippen LogP contribution in [0.3, 0.4) is 0 Å². The molecule has 10 heteroatoms. The molecule has 1 heterocycles. The van der Waals surface area contributed by atoms with Crippen molar-refractivity contribution < 1.29 is 44.9 Å². The van der Waals surface area contributed by atoms with Crippen molar-refractivity contribution in [2.24, 2.45) is 0 Å². The number of carbonyl (C=O) groups is 1. The molecule has 1 rings (SSSR count). The van der Waals surface area contributed by atoms with Crippen LogP contribution in [0.2, 0.25) is 0 Å². The molecule has 1 aliphatic heterocycles. The van der Waals surface area contributed by atoms with Gasteiger partial charge in [0.25, 0.3) is 0 Å². The number of rotatable bonds is 36. The highest BCUT2D eigenvalue weighted by molar-refractivity contribution is 5.81. The highest BCUT2D eigenvalue weighted by Gasteiger charge is 2.44. The fraction of sp³-hybridized carbons (Fsp3) is 0.886. The third-order valence-electron chi connectivity index (χ3n) is 10.7. The molecular formula is C44H83NO9. The van der Waals surface area contributed by atoms with E-state index in [9.17, 15) is 35.4 Å². The molecule has 1 saturated heterocycles. The maximum Gasteiger partial charge on any atom is 0.249 e. The average molecular weight is 770 g/mol. The number of allylic oxidation sites excluding steroid dienone is 3. The first-order chi connectivity index (χ1) is 26.3. The van der Waals surface area contributed by atoms with Crippen LogP contribution in [0.5, 0.6) is 0 Å². The quantitative estimate of drug-likeness (QED) is 0.0250. The number of amides is 1. The molecule has 0 saturated carbocycles. The van der Waals surface area contributed by atoms with Crippen LogP contribution in [-0.2, 0) is 14.3 Å². The van der Waals surface area contributed by atoms with E-state index in [1.165, 1.54) is 122 Å². The molecule has 0 spiro atoms. The van der Waals surface area contributed by atoms with Gasteiger partial charge in [-0.3, -0.25) is 4.79 Å². The van der Waals surface area contributed by atoms with Crippen molar-refractivity contribution in [3.63, 3.8) is 0 Å². The Hall–Kier alpha value is -1.37. The largest absolute Gasteiger partial charge is 0.394 e. The molecule has 1 amide bonds. The van der Waals surface area contributed by atoms with Crippen molar-refractivity contribution in [3.05, 3.63) is 24.3 Å². The SMILES string of the molecule is CCCCCCCC/C=C\C/C=C\CC(O)C(=O)NC(COC1OC(CO)C(O)C(O)C1O)C(O)CCCCCCCCCCCCCCCCCCC. The Morgan fingerprint density at radius 2 is 1.13 bits per heavy atom. The van der Waals surface area contributed by atoms with Gasteiger partial charge in [-0.25, -0.2) is 0 Å². The van der Waals surface area contributed by atoms with Gasteiger partial charge in [0, 0.05) is 6.42 Å². The Morgan fingerprint density at radius 3 is 1.65 bits per heavy atom. The summed E-state index contributed by atoms with van der Waals surface area (Å²) in [6, 6.07) is -0.922. The van der Waals surface area contributed by atoms with Gasteiger partial charge in [-0.1, -0.05) is 179 Å². The lowest BCUT2D eigenvalue weighted by Crippen LogP contribution is -2.60. The summed E-state index contributed by atoms with van der Waals surface area (Å²) in [6.45, 7) is 3.61. The minimum atomic E-state index is -1.60. The summed E-state index contributed by atoms with van der Waals surface area (Å²) in [5, 5.41) is 64.6. The lowest BCUT2D eigenvalue weighted by Gasteiger charge is -2.40. The summed E-state index contributed by atoms with van der Waals surface area (Å²) in [6.07, 6.45) is 29.6. The monoisotopic (exact) mass is 770 g/mol. The lowest BCUT2D eigenvalue weighted by molar-refractivity contribution is -0.302. The van der Waals surface area contributed by atoms with Crippen molar-refractivity contribution in [1.29, 1.82) is 0 Å². The molecule has 8 atom stereocenters. The zero-order valence-corrected chi connectivity index (χ0v) is 34.3. The molecule has 318 valence electrons. The van der Waals surface area contributed by atoms with E-state index in [-0.39, 0.29) is 13.0 Å². The van der Waals surface area contributed by atoms with Crippen molar-refractivity contribution >= 4 is 5.91 Å². The molecule has 0 aromatic carbocycles. The maximum atomic E-state index is 13.0. The number of hydrogen-bond acceptors (Lipinski definition) is 9. The fourth-order valence-electron chi connectivity index (χ4n) is 6.97. The predicted molar refractivity (Wildman–Crippen MR) is 218 cm³/mol.